The Balaban J connectivity index is 2.76. The van der Waals surface area contributed by atoms with Crippen molar-refractivity contribution in [2.24, 2.45) is 5.92 Å². The number of halogens is 3. The minimum absolute atomic E-state index is 0.00897. The molecule has 18 heavy (non-hydrogen) atoms. The van der Waals surface area contributed by atoms with Crippen molar-refractivity contribution in [3.63, 3.8) is 0 Å². The molecular formula is C13H19F3N2. The first-order chi connectivity index (χ1) is 8.34. The van der Waals surface area contributed by atoms with E-state index >= 15 is 0 Å². The molecule has 5 heteroatoms. The minimum Gasteiger partial charge on any atom is -0.312 e. The third kappa shape index (κ3) is 4.29. The summed E-state index contributed by atoms with van der Waals surface area (Å²) < 4.78 is 37.2. The molecule has 0 bridgehead atoms. The van der Waals surface area contributed by atoms with Crippen LogP contribution in [0.1, 0.15) is 44.0 Å². The fourth-order valence-electron chi connectivity index (χ4n) is 1.72. The summed E-state index contributed by atoms with van der Waals surface area (Å²) in [5, 5.41) is 3.09. The molecular weight excluding hydrogens is 241 g/mol. The van der Waals surface area contributed by atoms with E-state index in [9.17, 15) is 13.2 Å². The zero-order valence-electron chi connectivity index (χ0n) is 10.9. The molecule has 1 aromatic rings. The van der Waals surface area contributed by atoms with Gasteiger partial charge in [-0.3, -0.25) is 4.98 Å². The van der Waals surface area contributed by atoms with Gasteiger partial charge in [0.05, 0.1) is 11.3 Å². The fraction of sp³-hybridized carbons (Fsp3) is 0.615. The Hall–Kier alpha value is -1.10. The highest BCUT2D eigenvalue weighted by molar-refractivity contribution is 5.18. The van der Waals surface area contributed by atoms with Gasteiger partial charge < -0.3 is 5.32 Å². The van der Waals surface area contributed by atoms with Crippen LogP contribution in [0.2, 0.25) is 0 Å². The molecule has 102 valence electrons. The molecule has 1 aromatic heterocycles. The highest BCUT2D eigenvalue weighted by Crippen LogP contribution is 2.29. The first kappa shape index (κ1) is 15.0. The predicted molar refractivity (Wildman–Crippen MR) is 65.1 cm³/mol. The van der Waals surface area contributed by atoms with Gasteiger partial charge in [0.15, 0.2) is 0 Å². The van der Waals surface area contributed by atoms with Crippen LogP contribution in [-0.4, -0.2) is 12.0 Å². The normalized spacial score (nSPS) is 13.9. The van der Waals surface area contributed by atoms with Crippen molar-refractivity contribution in [2.75, 3.05) is 7.05 Å². The summed E-state index contributed by atoms with van der Waals surface area (Å²) in [6, 6.07) is 2.54. The number of rotatable bonds is 5. The summed E-state index contributed by atoms with van der Waals surface area (Å²) >= 11 is 0. The Morgan fingerprint density at radius 1 is 1.22 bits per heavy atom. The van der Waals surface area contributed by atoms with Gasteiger partial charge in [0, 0.05) is 12.2 Å². The van der Waals surface area contributed by atoms with Crippen LogP contribution in [0.3, 0.4) is 0 Å². The summed E-state index contributed by atoms with van der Waals surface area (Å²) in [5.74, 6) is 0.565. The maximum absolute atomic E-state index is 12.4. The second-order valence-electron chi connectivity index (χ2n) is 4.78. The molecule has 0 aliphatic heterocycles. The van der Waals surface area contributed by atoms with Gasteiger partial charge in [0.25, 0.3) is 0 Å². The van der Waals surface area contributed by atoms with E-state index in [1.54, 1.807) is 7.05 Å². The second-order valence-corrected chi connectivity index (χ2v) is 4.78. The molecule has 2 nitrogen and oxygen atoms in total. The van der Waals surface area contributed by atoms with E-state index in [-0.39, 0.29) is 6.04 Å². The van der Waals surface area contributed by atoms with Crippen LogP contribution in [0, 0.1) is 5.92 Å². The van der Waals surface area contributed by atoms with Gasteiger partial charge in [-0.15, -0.1) is 0 Å². The van der Waals surface area contributed by atoms with Gasteiger partial charge in [0.1, 0.15) is 0 Å². The van der Waals surface area contributed by atoms with Gasteiger partial charge in [-0.2, -0.15) is 13.2 Å². The lowest BCUT2D eigenvalue weighted by atomic mass is 10.0. The molecule has 1 unspecified atom stereocenters. The Bertz CT molecular complexity index is 357. The van der Waals surface area contributed by atoms with E-state index < -0.39 is 11.7 Å². The van der Waals surface area contributed by atoms with E-state index in [0.29, 0.717) is 11.6 Å². The molecule has 0 fully saturated rings. The van der Waals surface area contributed by atoms with Gasteiger partial charge in [-0.25, -0.2) is 0 Å². The lowest BCUT2D eigenvalue weighted by Gasteiger charge is -2.17. The third-order valence-corrected chi connectivity index (χ3v) is 2.85. The molecule has 0 amide bonds. The summed E-state index contributed by atoms with van der Waals surface area (Å²) in [5.41, 5.74) is -0.0453. The highest BCUT2D eigenvalue weighted by atomic mass is 19.4. The van der Waals surface area contributed by atoms with E-state index in [2.05, 4.69) is 24.1 Å². The molecule has 0 aliphatic carbocycles. The van der Waals surface area contributed by atoms with Crippen LogP contribution in [0.25, 0.3) is 0 Å². The maximum Gasteiger partial charge on any atom is 0.417 e. The summed E-state index contributed by atoms with van der Waals surface area (Å²) in [6.45, 7) is 4.24. The zero-order chi connectivity index (χ0) is 13.8. The van der Waals surface area contributed by atoms with Crippen LogP contribution in [0.4, 0.5) is 13.2 Å². The monoisotopic (exact) mass is 260 g/mol. The molecule has 0 spiro atoms. The number of hydrogen-bond acceptors (Lipinski definition) is 2. The van der Waals surface area contributed by atoms with Gasteiger partial charge in [0.2, 0.25) is 0 Å². The molecule has 1 N–H and O–H groups in total. The van der Waals surface area contributed by atoms with Crippen molar-refractivity contribution in [2.45, 2.75) is 38.9 Å². The van der Waals surface area contributed by atoms with Gasteiger partial charge >= 0.3 is 6.18 Å². The van der Waals surface area contributed by atoms with Crippen molar-refractivity contribution in [1.29, 1.82) is 0 Å². The summed E-state index contributed by atoms with van der Waals surface area (Å²) in [6.07, 6.45) is -1.55. The number of aromatic nitrogens is 1. The number of nitrogens with zero attached hydrogens (tertiary/aromatic N) is 1. The highest BCUT2D eigenvalue weighted by Gasteiger charge is 2.30. The molecule has 0 saturated carbocycles. The average molecular weight is 260 g/mol. The number of nitrogens with one attached hydrogen (secondary N) is 1. The first-order valence-corrected chi connectivity index (χ1v) is 6.05. The zero-order valence-corrected chi connectivity index (χ0v) is 10.9. The maximum atomic E-state index is 12.4. The van der Waals surface area contributed by atoms with E-state index in [1.807, 2.05) is 0 Å². The molecule has 1 rings (SSSR count). The molecule has 0 aliphatic rings. The minimum atomic E-state index is -4.32. The SMILES string of the molecule is CNC(CCC(C)C)c1ccc(C(F)(F)F)cn1. The average Bonchev–Trinajstić information content (AvgIpc) is 2.29. The lowest BCUT2D eigenvalue weighted by Crippen LogP contribution is -2.18. The fourth-order valence-corrected chi connectivity index (χ4v) is 1.72. The topological polar surface area (TPSA) is 24.9 Å². The molecule has 0 aromatic carbocycles. The molecule has 0 radical (unpaired) electrons. The van der Waals surface area contributed by atoms with Crippen LogP contribution in [0.5, 0.6) is 0 Å². The smallest absolute Gasteiger partial charge is 0.312 e. The van der Waals surface area contributed by atoms with Crippen LogP contribution >= 0.6 is 0 Å². The number of hydrogen-bond donors (Lipinski definition) is 1. The number of alkyl halides is 3. The lowest BCUT2D eigenvalue weighted by molar-refractivity contribution is -0.137. The van der Waals surface area contributed by atoms with Gasteiger partial charge in [-0.05, 0) is 37.9 Å². The van der Waals surface area contributed by atoms with Crippen molar-refractivity contribution in [1.82, 2.24) is 10.3 Å². The second kappa shape index (κ2) is 6.18. The van der Waals surface area contributed by atoms with Crippen LogP contribution in [-0.2, 0) is 6.18 Å². The molecule has 1 atom stereocenters. The molecule has 0 saturated heterocycles. The largest absolute Gasteiger partial charge is 0.417 e. The van der Waals surface area contributed by atoms with Crippen molar-refractivity contribution < 1.29 is 13.2 Å². The Morgan fingerprint density at radius 2 is 1.89 bits per heavy atom. The van der Waals surface area contributed by atoms with E-state index in [4.69, 9.17) is 0 Å². The molecule has 1 heterocycles. The Kier molecular flexibility index (Phi) is 5.14. The van der Waals surface area contributed by atoms with Crippen molar-refractivity contribution in [3.05, 3.63) is 29.6 Å². The Morgan fingerprint density at radius 3 is 2.28 bits per heavy atom. The Labute approximate surface area is 106 Å². The third-order valence-electron chi connectivity index (χ3n) is 2.85. The van der Waals surface area contributed by atoms with Crippen molar-refractivity contribution in [3.8, 4) is 0 Å². The van der Waals surface area contributed by atoms with E-state index in [0.717, 1.165) is 25.1 Å². The van der Waals surface area contributed by atoms with Crippen LogP contribution in [0.15, 0.2) is 18.3 Å². The first-order valence-electron chi connectivity index (χ1n) is 6.05. The van der Waals surface area contributed by atoms with Crippen LogP contribution < -0.4 is 5.32 Å². The standard InChI is InChI=1S/C13H19F3N2/c1-9(2)4-6-11(17-3)12-7-5-10(8-18-12)13(14,15)16/h5,7-9,11,17H,4,6H2,1-3H3. The quantitative estimate of drug-likeness (QED) is 0.871. The predicted octanol–water partition coefficient (Wildman–Crippen LogP) is 3.80. The summed E-state index contributed by atoms with van der Waals surface area (Å²) in [7, 11) is 1.80. The number of pyridine rings is 1. The van der Waals surface area contributed by atoms with Gasteiger partial charge in [-0.1, -0.05) is 13.8 Å². The van der Waals surface area contributed by atoms with Crippen molar-refractivity contribution >= 4 is 0 Å². The summed E-state index contributed by atoms with van der Waals surface area (Å²) in [4.78, 5) is 3.91. The van der Waals surface area contributed by atoms with E-state index in [1.165, 1.54) is 6.07 Å².